The average molecular weight is 407 g/mol. The zero-order valence-electron chi connectivity index (χ0n) is 8.52. The topological polar surface area (TPSA) is 73.1 Å². The minimum absolute atomic E-state index is 0.300. The molecule has 0 unspecified atom stereocenters. The molecular formula is C10H8BrIN4O. The Bertz CT molecular complexity index is 537. The van der Waals surface area contributed by atoms with Crippen LogP contribution in [0.5, 0.6) is 11.6 Å². The standard InChI is InChI=1S/C10H8BrIN4O/c11-6-5-14-10(16-13)15-9(6)17-8-4-2-1-3-7(8)12/h1-5H,13H2,(H,14,15,16). The number of hydrazine groups is 1. The van der Waals surface area contributed by atoms with Crippen molar-refractivity contribution in [2.45, 2.75) is 0 Å². The zero-order chi connectivity index (χ0) is 12.3. The molecule has 0 amide bonds. The molecule has 1 aromatic heterocycles. The van der Waals surface area contributed by atoms with Crippen LogP contribution >= 0.6 is 38.5 Å². The molecule has 0 bridgehead atoms. The number of hydrogen-bond donors (Lipinski definition) is 2. The number of nitrogens with zero attached hydrogens (tertiary/aromatic N) is 2. The zero-order valence-corrected chi connectivity index (χ0v) is 12.3. The van der Waals surface area contributed by atoms with Crippen molar-refractivity contribution >= 4 is 44.5 Å². The lowest BCUT2D eigenvalue weighted by Gasteiger charge is -2.08. The summed E-state index contributed by atoms with van der Waals surface area (Å²) in [6.07, 6.45) is 1.58. The first-order valence-electron chi connectivity index (χ1n) is 4.62. The first kappa shape index (κ1) is 12.5. The van der Waals surface area contributed by atoms with Gasteiger partial charge < -0.3 is 4.74 Å². The third-order valence-electron chi connectivity index (χ3n) is 1.88. The smallest absolute Gasteiger partial charge is 0.240 e. The van der Waals surface area contributed by atoms with Gasteiger partial charge in [-0.2, -0.15) is 4.98 Å². The summed E-state index contributed by atoms with van der Waals surface area (Å²) in [6, 6.07) is 7.66. The minimum Gasteiger partial charge on any atom is -0.437 e. The molecule has 2 rings (SSSR count). The SMILES string of the molecule is NNc1ncc(Br)c(Oc2ccccc2I)n1. The summed E-state index contributed by atoms with van der Waals surface area (Å²) in [5, 5.41) is 0. The van der Waals surface area contributed by atoms with Crippen molar-refractivity contribution in [3.8, 4) is 11.6 Å². The lowest BCUT2D eigenvalue weighted by molar-refractivity contribution is 0.456. The van der Waals surface area contributed by atoms with Crippen LogP contribution < -0.4 is 16.0 Å². The summed E-state index contributed by atoms with van der Waals surface area (Å²) in [6.45, 7) is 0. The number of aromatic nitrogens is 2. The Morgan fingerprint density at radius 1 is 1.35 bits per heavy atom. The van der Waals surface area contributed by atoms with Gasteiger partial charge >= 0.3 is 0 Å². The molecule has 1 aromatic carbocycles. The molecule has 1 heterocycles. The normalized spacial score (nSPS) is 10.1. The number of anilines is 1. The number of nitrogens with one attached hydrogen (secondary N) is 1. The minimum atomic E-state index is 0.300. The van der Waals surface area contributed by atoms with Gasteiger partial charge in [-0.25, -0.2) is 10.8 Å². The highest BCUT2D eigenvalue weighted by Gasteiger charge is 2.08. The van der Waals surface area contributed by atoms with Crippen molar-refractivity contribution in [3.05, 3.63) is 38.5 Å². The maximum Gasteiger partial charge on any atom is 0.240 e. The monoisotopic (exact) mass is 406 g/mol. The van der Waals surface area contributed by atoms with E-state index in [1.165, 1.54) is 0 Å². The van der Waals surface area contributed by atoms with E-state index in [1.807, 2.05) is 24.3 Å². The van der Waals surface area contributed by atoms with Crippen molar-refractivity contribution in [2.24, 2.45) is 5.84 Å². The largest absolute Gasteiger partial charge is 0.437 e. The molecule has 17 heavy (non-hydrogen) atoms. The van der Waals surface area contributed by atoms with Gasteiger partial charge in [-0.15, -0.1) is 0 Å². The number of rotatable bonds is 3. The summed E-state index contributed by atoms with van der Waals surface area (Å²) >= 11 is 5.51. The second-order valence-corrected chi connectivity index (χ2v) is 5.04. The number of ether oxygens (including phenoxy) is 1. The Hall–Kier alpha value is -0.930. The van der Waals surface area contributed by atoms with Crippen molar-refractivity contribution in [2.75, 3.05) is 5.43 Å². The molecular weight excluding hydrogens is 399 g/mol. The molecule has 0 radical (unpaired) electrons. The lowest BCUT2D eigenvalue weighted by atomic mass is 10.3. The number of nitrogens with two attached hydrogens (primary N) is 1. The molecule has 7 heteroatoms. The van der Waals surface area contributed by atoms with Gasteiger partial charge in [0.2, 0.25) is 11.8 Å². The van der Waals surface area contributed by atoms with Crippen LogP contribution in [0.3, 0.4) is 0 Å². The first-order valence-corrected chi connectivity index (χ1v) is 6.49. The number of halogens is 2. The third kappa shape index (κ3) is 3.05. The fourth-order valence-corrected chi connectivity index (χ4v) is 1.89. The van der Waals surface area contributed by atoms with E-state index in [-0.39, 0.29) is 0 Å². The van der Waals surface area contributed by atoms with E-state index in [4.69, 9.17) is 10.6 Å². The molecule has 0 saturated carbocycles. The highest BCUT2D eigenvalue weighted by molar-refractivity contribution is 14.1. The van der Waals surface area contributed by atoms with E-state index in [1.54, 1.807) is 6.20 Å². The Labute approximate surface area is 120 Å². The summed E-state index contributed by atoms with van der Waals surface area (Å²) in [5.74, 6) is 6.69. The molecule has 0 fully saturated rings. The second-order valence-electron chi connectivity index (χ2n) is 3.02. The quantitative estimate of drug-likeness (QED) is 0.465. The molecule has 2 aromatic rings. The summed E-state index contributed by atoms with van der Waals surface area (Å²) in [5.41, 5.74) is 2.37. The Morgan fingerprint density at radius 3 is 2.82 bits per heavy atom. The van der Waals surface area contributed by atoms with Gasteiger partial charge in [0.1, 0.15) is 5.75 Å². The molecule has 5 nitrogen and oxygen atoms in total. The van der Waals surface area contributed by atoms with Gasteiger partial charge in [-0.05, 0) is 50.7 Å². The highest BCUT2D eigenvalue weighted by atomic mass is 127. The number of benzene rings is 1. The predicted octanol–water partition coefficient (Wildman–Crippen LogP) is 2.92. The average Bonchev–Trinajstić information content (AvgIpc) is 2.35. The van der Waals surface area contributed by atoms with Crippen LogP contribution in [0.25, 0.3) is 0 Å². The van der Waals surface area contributed by atoms with E-state index in [0.717, 1.165) is 9.32 Å². The van der Waals surface area contributed by atoms with Gasteiger partial charge in [-0.3, -0.25) is 5.43 Å². The van der Waals surface area contributed by atoms with Crippen LogP contribution in [0.15, 0.2) is 34.9 Å². The molecule has 0 aliphatic rings. The Kier molecular flexibility index (Phi) is 4.13. The Balaban J connectivity index is 2.32. The number of hydrogen-bond acceptors (Lipinski definition) is 5. The molecule has 0 spiro atoms. The van der Waals surface area contributed by atoms with Crippen molar-refractivity contribution < 1.29 is 4.74 Å². The van der Waals surface area contributed by atoms with Crippen LogP contribution in [0, 0.1) is 3.57 Å². The van der Waals surface area contributed by atoms with Crippen molar-refractivity contribution in [1.82, 2.24) is 9.97 Å². The fourth-order valence-electron chi connectivity index (χ4n) is 1.12. The van der Waals surface area contributed by atoms with Gasteiger partial charge in [0.05, 0.1) is 14.2 Å². The summed E-state index contributed by atoms with van der Waals surface area (Å²) in [4.78, 5) is 8.05. The van der Waals surface area contributed by atoms with Crippen LogP contribution in [-0.4, -0.2) is 9.97 Å². The molecule has 0 aliphatic carbocycles. The fraction of sp³-hybridized carbons (Fsp3) is 0. The third-order valence-corrected chi connectivity index (χ3v) is 3.32. The van der Waals surface area contributed by atoms with Gasteiger partial charge in [0, 0.05) is 0 Å². The van der Waals surface area contributed by atoms with Crippen molar-refractivity contribution in [1.29, 1.82) is 0 Å². The second kappa shape index (κ2) is 5.61. The predicted molar refractivity (Wildman–Crippen MR) is 76.8 cm³/mol. The summed E-state index contributed by atoms with van der Waals surface area (Å²) < 4.78 is 7.34. The first-order chi connectivity index (χ1) is 8.20. The Morgan fingerprint density at radius 2 is 2.12 bits per heavy atom. The van der Waals surface area contributed by atoms with Gasteiger partial charge in [-0.1, -0.05) is 12.1 Å². The van der Waals surface area contributed by atoms with E-state index in [9.17, 15) is 0 Å². The molecule has 0 atom stereocenters. The molecule has 0 aliphatic heterocycles. The molecule has 0 saturated heterocycles. The number of para-hydroxylation sites is 1. The number of nitrogen functional groups attached to an aromatic ring is 1. The van der Waals surface area contributed by atoms with Crippen LogP contribution in [0.4, 0.5) is 5.95 Å². The van der Waals surface area contributed by atoms with E-state index < -0.39 is 0 Å². The summed E-state index contributed by atoms with van der Waals surface area (Å²) in [7, 11) is 0. The van der Waals surface area contributed by atoms with Crippen LogP contribution in [0.2, 0.25) is 0 Å². The maximum absolute atomic E-state index is 5.68. The van der Waals surface area contributed by atoms with Crippen LogP contribution in [-0.2, 0) is 0 Å². The van der Waals surface area contributed by atoms with E-state index >= 15 is 0 Å². The molecule has 3 N–H and O–H groups in total. The highest BCUT2D eigenvalue weighted by Crippen LogP contribution is 2.30. The van der Waals surface area contributed by atoms with E-state index in [0.29, 0.717) is 16.3 Å². The van der Waals surface area contributed by atoms with Crippen molar-refractivity contribution in [3.63, 3.8) is 0 Å². The molecule has 88 valence electrons. The van der Waals surface area contributed by atoms with Gasteiger partial charge in [0.15, 0.2) is 0 Å². The van der Waals surface area contributed by atoms with Crippen LogP contribution in [0.1, 0.15) is 0 Å². The van der Waals surface area contributed by atoms with Gasteiger partial charge in [0.25, 0.3) is 0 Å². The lowest BCUT2D eigenvalue weighted by Crippen LogP contribution is -2.10. The van der Waals surface area contributed by atoms with E-state index in [2.05, 4.69) is 53.9 Å². The maximum atomic E-state index is 5.68.